The van der Waals surface area contributed by atoms with Crippen LogP contribution >= 0.6 is 23.1 Å². The molecule has 3 nitrogen and oxygen atoms in total. The standard InChI is InChI=1S/C20H22N2OS2/c1-5-14-7-6-8-17-18(14)22(4)20(25-17)21-19(23)15-9-11-16(12-10-15)24-13(2)3/h6-13H,5H2,1-4H3. The third kappa shape index (κ3) is 3.88. The minimum Gasteiger partial charge on any atom is -0.319 e. The molecule has 0 bridgehead atoms. The molecule has 0 saturated heterocycles. The Labute approximate surface area is 156 Å². The summed E-state index contributed by atoms with van der Waals surface area (Å²) in [5, 5.41) is 0.525. The highest BCUT2D eigenvalue weighted by Crippen LogP contribution is 2.23. The van der Waals surface area contributed by atoms with E-state index in [4.69, 9.17) is 0 Å². The predicted molar refractivity (Wildman–Crippen MR) is 108 cm³/mol. The third-order valence-electron chi connectivity index (χ3n) is 3.96. The molecule has 0 spiro atoms. The van der Waals surface area contributed by atoms with Gasteiger partial charge in [-0.15, -0.1) is 11.8 Å². The fraction of sp³-hybridized carbons (Fsp3) is 0.300. The van der Waals surface area contributed by atoms with Gasteiger partial charge in [0.2, 0.25) is 0 Å². The Morgan fingerprint density at radius 2 is 1.92 bits per heavy atom. The largest absolute Gasteiger partial charge is 0.319 e. The van der Waals surface area contributed by atoms with Crippen LogP contribution < -0.4 is 4.80 Å². The molecule has 0 unspecified atom stereocenters. The fourth-order valence-electron chi connectivity index (χ4n) is 2.78. The number of hydrogen-bond donors (Lipinski definition) is 0. The summed E-state index contributed by atoms with van der Waals surface area (Å²) >= 11 is 3.35. The molecule has 3 aromatic rings. The van der Waals surface area contributed by atoms with E-state index in [1.165, 1.54) is 16.0 Å². The molecule has 5 heteroatoms. The number of rotatable bonds is 4. The first-order valence-corrected chi connectivity index (χ1v) is 10.1. The Bertz CT molecular complexity index is 966. The van der Waals surface area contributed by atoms with Gasteiger partial charge in [0.1, 0.15) is 0 Å². The van der Waals surface area contributed by atoms with Crippen molar-refractivity contribution in [1.29, 1.82) is 0 Å². The highest BCUT2D eigenvalue weighted by atomic mass is 32.2. The molecule has 0 atom stereocenters. The smallest absolute Gasteiger partial charge is 0.279 e. The van der Waals surface area contributed by atoms with E-state index >= 15 is 0 Å². The van der Waals surface area contributed by atoms with Crippen LogP contribution in [0.2, 0.25) is 0 Å². The lowest BCUT2D eigenvalue weighted by molar-refractivity contribution is 0.0998. The van der Waals surface area contributed by atoms with Crippen molar-refractivity contribution in [2.75, 3.05) is 0 Å². The zero-order valence-corrected chi connectivity index (χ0v) is 16.6. The second-order valence-electron chi connectivity index (χ2n) is 6.17. The number of thioether (sulfide) groups is 1. The van der Waals surface area contributed by atoms with Crippen molar-refractivity contribution >= 4 is 39.2 Å². The van der Waals surface area contributed by atoms with Gasteiger partial charge in [0.05, 0.1) is 10.2 Å². The minimum atomic E-state index is -0.193. The van der Waals surface area contributed by atoms with Crippen LogP contribution in [-0.4, -0.2) is 15.7 Å². The summed E-state index contributed by atoms with van der Waals surface area (Å²) in [6.07, 6.45) is 0.963. The first-order chi connectivity index (χ1) is 12.0. The summed E-state index contributed by atoms with van der Waals surface area (Å²) in [7, 11) is 1.98. The van der Waals surface area contributed by atoms with E-state index in [0.29, 0.717) is 10.8 Å². The number of amides is 1. The summed E-state index contributed by atoms with van der Waals surface area (Å²) in [6, 6.07) is 14.0. The molecule has 0 saturated carbocycles. The van der Waals surface area contributed by atoms with E-state index in [-0.39, 0.29) is 5.91 Å². The summed E-state index contributed by atoms with van der Waals surface area (Å²) in [5.41, 5.74) is 3.08. The van der Waals surface area contributed by atoms with Crippen LogP contribution in [-0.2, 0) is 13.5 Å². The number of carbonyl (C=O) groups excluding carboxylic acids is 1. The monoisotopic (exact) mass is 370 g/mol. The molecule has 1 heterocycles. The van der Waals surface area contributed by atoms with Crippen LogP contribution in [0.1, 0.15) is 36.7 Å². The molecule has 3 rings (SSSR count). The number of aromatic nitrogens is 1. The zero-order valence-electron chi connectivity index (χ0n) is 14.9. The lowest BCUT2D eigenvalue weighted by Gasteiger charge is -2.04. The van der Waals surface area contributed by atoms with Crippen molar-refractivity contribution in [2.24, 2.45) is 12.0 Å². The van der Waals surface area contributed by atoms with Gasteiger partial charge in [-0.1, -0.05) is 44.2 Å². The topological polar surface area (TPSA) is 34.4 Å². The van der Waals surface area contributed by atoms with Crippen LogP contribution in [0.4, 0.5) is 0 Å². The van der Waals surface area contributed by atoms with Crippen LogP contribution in [0.15, 0.2) is 52.4 Å². The Morgan fingerprint density at radius 3 is 2.56 bits per heavy atom. The first-order valence-electron chi connectivity index (χ1n) is 8.42. The van der Waals surface area contributed by atoms with Gasteiger partial charge in [-0.2, -0.15) is 4.99 Å². The molecule has 1 aromatic heterocycles. The molecule has 0 fully saturated rings. The van der Waals surface area contributed by atoms with Crippen molar-refractivity contribution in [3.63, 3.8) is 0 Å². The highest BCUT2D eigenvalue weighted by molar-refractivity contribution is 7.99. The number of nitrogens with zero attached hydrogens (tertiary/aromatic N) is 2. The van der Waals surface area contributed by atoms with E-state index in [2.05, 4.69) is 44.0 Å². The Kier molecular flexibility index (Phi) is 5.45. The number of thiazole rings is 1. The number of aryl methyl sites for hydroxylation is 2. The maximum Gasteiger partial charge on any atom is 0.279 e. The maximum atomic E-state index is 12.6. The van der Waals surface area contributed by atoms with Gasteiger partial charge in [0.15, 0.2) is 4.80 Å². The summed E-state index contributed by atoms with van der Waals surface area (Å²) in [4.78, 5) is 18.8. The predicted octanol–water partition coefficient (Wildman–Crippen LogP) is 5.04. The third-order valence-corrected chi connectivity index (χ3v) is 6.07. The zero-order chi connectivity index (χ0) is 18.0. The van der Waals surface area contributed by atoms with Crippen LogP contribution in [0, 0.1) is 0 Å². The summed E-state index contributed by atoms with van der Waals surface area (Å²) in [6.45, 7) is 6.46. The number of para-hydroxylation sites is 1. The molecule has 1 amide bonds. The molecule has 25 heavy (non-hydrogen) atoms. The lowest BCUT2D eigenvalue weighted by Crippen LogP contribution is -2.13. The van der Waals surface area contributed by atoms with Gasteiger partial charge in [0.25, 0.3) is 5.91 Å². The molecule has 0 aliphatic rings. The molecule has 2 aromatic carbocycles. The van der Waals surface area contributed by atoms with Crippen LogP contribution in [0.5, 0.6) is 0 Å². The van der Waals surface area contributed by atoms with E-state index in [1.54, 1.807) is 23.1 Å². The van der Waals surface area contributed by atoms with Gasteiger partial charge >= 0.3 is 0 Å². The molecule has 0 radical (unpaired) electrons. The average Bonchev–Trinajstić information content (AvgIpc) is 2.91. The summed E-state index contributed by atoms with van der Waals surface area (Å²) in [5.74, 6) is -0.193. The van der Waals surface area contributed by atoms with Crippen molar-refractivity contribution in [1.82, 2.24) is 4.57 Å². The number of hydrogen-bond acceptors (Lipinski definition) is 3. The minimum absolute atomic E-state index is 0.193. The Balaban J connectivity index is 1.96. The van der Waals surface area contributed by atoms with E-state index in [9.17, 15) is 4.79 Å². The number of carbonyl (C=O) groups is 1. The number of fused-ring (bicyclic) bond motifs is 1. The van der Waals surface area contributed by atoms with Gasteiger partial charge in [0, 0.05) is 22.8 Å². The Hall–Kier alpha value is -1.85. The van der Waals surface area contributed by atoms with Crippen molar-refractivity contribution in [3.8, 4) is 0 Å². The maximum absolute atomic E-state index is 12.6. The van der Waals surface area contributed by atoms with E-state index in [0.717, 1.165) is 15.9 Å². The second kappa shape index (κ2) is 7.58. The van der Waals surface area contributed by atoms with Gasteiger partial charge in [-0.3, -0.25) is 4.79 Å². The normalized spacial score (nSPS) is 12.3. The molecular weight excluding hydrogens is 348 g/mol. The van der Waals surface area contributed by atoms with Crippen LogP contribution in [0.25, 0.3) is 10.2 Å². The quantitative estimate of drug-likeness (QED) is 0.603. The SMILES string of the molecule is CCc1cccc2sc(=NC(=O)c3ccc(SC(C)C)cc3)n(C)c12. The molecule has 0 aliphatic heterocycles. The van der Waals surface area contributed by atoms with Crippen molar-refractivity contribution < 1.29 is 4.79 Å². The molecule has 130 valence electrons. The van der Waals surface area contributed by atoms with Crippen molar-refractivity contribution in [3.05, 3.63) is 58.4 Å². The van der Waals surface area contributed by atoms with E-state index in [1.807, 2.05) is 35.9 Å². The van der Waals surface area contributed by atoms with E-state index < -0.39 is 0 Å². The Morgan fingerprint density at radius 1 is 1.20 bits per heavy atom. The van der Waals surface area contributed by atoms with Gasteiger partial charge in [-0.05, 0) is 42.3 Å². The average molecular weight is 371 g/mol. The number of benzene rings is 2. The summed E-state index contributed by atoms with van der Waals surface area (Å²) < 4.78 is 3.19. The highest BCUT2D eigenvalue weighted by Gasteiger charge is 2.09. The van der Waals surface area contributed by atoms with Crippen LogP contribution in [0.3, 0.4) is 0 Å². The molecule has 0 N–H and O–H groups in total. The lowest BCUT2D eigenvalue weighted by atomic mass is 10.1. The first kappa shape index (κ1) is 18.0. The van der Waals surface area contributed by atoms with Crippen molar-refractivity contribution in [2.45, 2.75) is 37.3 Å². The molecular formula is C20H22N2OS2. The molecule has 0 aliphatic carbocycles. The fourth-order valence-corrected chi connectivity index (χ4v) is 4.68. The van der Waals surface area contributed by atoms with Gasteiger partial charge in [-0.25, -0.2) is 0 Å². The van der Waals surface area contributed by atoms with Gasteiger partial charge < -0.3 is 4.57 Å². The second-order valence-corrected chi connectivity index (χ2v) is 8.83.